The number of rotatable bonds is 6. The van der Waals surface area contributed by atoms with E-state index in [1.54, 1.807) is 6.07 Å². The highest BCUT2D eigenvalue weighted by Crippen LogP contribution is 2.25. The zero-order valence-electron chi connectivity index (χ0n) is 18.9. The minimum Gasteiger partial charge on any atom is -0.454 e. The van der Waals surface area contributed by atoms with Crippen LogP contribution in [0.25, 0.3) is 0 Å². The second-order valence-corrected chi connectivity index (χ2v) is 10.2. The molecule has 7 nitrogen and oxygen atoms in total. The van der Waals surface area contributed by atoms with Crippen molar-refractivity contribution >= 4 is 21.8 Å². The summed E-state index contributed by atoms with van der Waals surface area (Å²) < 4.78 is 34.7. The normalized spacial score (nSPS) is 14.0. The number of carbonyl (C=O) groups excluding carboxylic acids is 2. The highest BCUT2D eigenvalue weighted by Gasteiger charge is 2.28. The van der Waals surface area contributed by atoms with Crippen LogP contribution >= 0.6 is 0 Å². The molecule has 2 aromatic carbocycles. The van der Waals surface area contributed by atoms with Crippen LogP contribution in [0.4, 0.5) is 0 Å². The summed E-state index contributed by atoms with van der Waals surface area (Å²) in [7, 11) is -1.82. The second-order valence-electron chi connectivity index (χ2n) is 8.22. The number of hydrogen-bond donors (Lipinski definition) is 0. The van der Waals surface area contributed by atoms with Gasteiger partial charge in [0.2, 0.25) is 15.8 Å². The van der Waals surface area contributed by atoms with Gasteiger partial charge in [-0.2, -0.15) is 4.31 Å². The Kier molecular flexibility index (Phi) is 6.23. The molecule has 0 unspecified atom stereocenters. The molecule has 0 amide bonds. The van der Waals surface area contributed by atoms with E-state index in [4.69, 9.17) is 4.74 Å². The Bertz CT molecular complexity index is 1320. The lowest BCUT2D eigenvalue weighted by Gasteiger charge is -2.28. The lowest BCUT2D eigenvalue weighted by Crippen LogP contribution is -2.35. The quantitative estimate of drug-likeness (QED) is 0.410. The number of hydrogen-bond acceptors (Lipinski definition) is 5. The lowest BCUT2D eigenvalue weighted by molar-refractivity contribution is 0.0474. The van der Waals surface area contributed by atoms with Crippen molar-refractivity contribution in [1.29, 1.82) is 0 Å². The van der Waals surface area contributed by atoms with Gasteiger partial charge in [-0.25, -0.2) is 13.2 Å². The highest BCUT2D eigenvalue weighted by molar-refractivity contribution is 7.89. The monoisotopic (exact) mass is 466 g/mol. The maximum absolute atomic E-state index is 13.1. The fraction of sp³-hybridized carbons (Fsp3) is 0.280. The molecule has 0 spiro atoms. The highest BCUT2D eigenvalue weighted by atomic mass is 32.2. The van der Waals surface area contributed by atoms with E-state index in [1.807, 2.05) is 49.7 Å². The van der Waals surface area contributed by atoms with Crippen LogP contribution < -0.4 is 0 Å². The molecule has 1 aliphatic rings. The molecular formula is C25H26N2O5S. The molecule has 0 saturated heterocycles. The molecule has 1 aliphatic heterocycles. The summed E-state index contributed by atoms with van der Waals surface area (Å²) in [6, 6.07) is 15.2. The summed E-state index contributed by atoms with van der Waals surface area (Å²) >= 11 is 0. The van der Waals surface area contributed by atoms with Crippen molar-refractivity contribution in [3.05, 3.63) is 88.2 Å². The van der Waals surface area contributed by atoms with Crippen LogP contribution in [0.3, 0.4) is 0 Å². The van der Waals surface area contributed by atoms with Crippen LogP contribution in [-0.2, 0) is 34.8 Å². The number of aryl methyl sites for hydroxylation is 1. The van der Waals surface area contributed by atoms with Crippen molar-refractivity contribution in [3.63, 3.8) is 0 Å². The van der Waals surface area contributed by atoms with Gasteiger partial charge in [0.25, 0.3) is 0 Å². The number of aromatic nitrogens is 1. The number of benzene rings is 2. The number of esters is 1. The zero-order chi connectivity index (χ0) is 23.8. The van der Waals surface area contributed by atoms with Gasteiger partial charge in [0.05, 0.1) is 10.5 Å². The number of nitrogens with zero attached hydrogens (tertiary/aromatic N) is 2. The smallest absolute Gasteiger partial charge is 0.338 e. The molecule has 0 radical (unpaired) electrons. The first-order valence-electron chi connectivity index (χ1n) is 10.7. The summed E-state index contributed by atoms with van der Waals surface area (Å²) in [6.45, 7) is 4.08. The number of fused-ring (bicyclic) bond motifs is 1. The number of ketones is 1. The molecule has 2 heterocycles. The van der Waals surface area contributed by atoms with E-state index in [1.165, 1.54) is 28.6 Å². The minimum atomic E-state index is -3.69. The van der Waals surface area contributed by atoms with Crippen molar-refractivity contribution in [2.24, 2.45) is 7.05 Å². The van der Waals surface area contributed by atoms with Gasteiger partial charge in [0.15, 0.2) is 6.61 Å². The van der Waals surface area contributed by atoms with E-state index in [0.717, 1.165) is 22.5 Å². The third-order valence-corrected chi connectivity index (χ3v) is 8.09. The predicted octanol–water partition coefficient (Wildman–Crippen LogP) is 3.43. The molecule has 0 saturated carbocycles. The van der Waals surface area contributed by atoms with Gasteiger partial charge in [0.1, 0.15) is 0 Å². The summed E-state index contributed by atoms with van der Waals surface area (Å²) in [5.41, 5.74) is 4.62. The summed E-state index contributed by atoms with van der Waals surface area (Å²) in [4.78, 5) is 25.0. The van der Waals surface area contributed by atoms with Crippen LogP contribution in [-0.4, -0.2) is 42.2 Å². The van der Waals surface area contributed by atoms with Gasteiger partial charge >= 0.3 is 5.97 Å². The van der Waals surface area contributed by atoms with E-state index in [2.05, 4.69) is 0 Å². The van der Waals surface area contributed by atoms with Crippen molar-refractivity contribution in [2.75, 3.05) is 13.2 Å². The molecule has 0 fully saturated rings. The first-order valence-corrected chi connectivity index (χ1v) is 12.1. The van der Waals surface area contributed by atoms with Gasteiger partial charge in [-0.1, -0.05) is 24.3 Å². The van der Waals surface area contributed by atoms with Crippen molar-refractivity contribution in [2.45, 2.75) is 31.7 Å². The maximum atomic E-state index is 13.1. The number of ether oxygens (including phenoxy) is 1. The first kappa shape index (κ1) is 22.9. The van der Waals surface area contributed by atoms with E-state index in [9.17, 15) is 18.0 Å². The number of carbonyl (C=O) groups is 2. The van der Waals surface area contributed by atoms with Crippen molar-refractivity contribution < 1.29 is 22.7 Å². The van der Waals surface area contributed by atoms with Gasteiger partial charge in [-0.05, 0) is 61.7 Å². The second kappa shape index (κ2) is 8.96. The summed E-state index contributed by atoms with van der Waals surface area (Å²) in [6.07, 6.45) is 0.661. The molecule has 0 aliphatic carbocycles. The van der Waals surface area contributed by atoms with Crippen molar-refractivity contribution in [1.82, 2.24) is 8.87 Å². The van der Waals surface area contributed by atoms with Gasteiger partial charge in [-0.3, -0.25) is 4.79 Å². The minimum absolute atomic E-state index is 0.116. The third kappa shape index (κ3) is 4.49. The summed E-state index contributed by atoms with van der Waals surface area (Å²) in [5, 5.41) is 0. The number of sulfonamides is 1. The van der Waals surface area contributed by atoms with E-state index in [0.29, 0.717) is 25.1 Å². The Morgan fingerprint density at radius 1 is 1.00 bits per heavy atom. The van der Waals surface area contributed by atoms with Gasteiger partial charge < -0.3 is 9.30 Å². The topological polar surface area (TPSA) is 85.7 Å². The molecule has 4 rings (SSSR count). The van der Waals surface area contributed by atoms with Crippen LogP contribution in [0.15, 0.2) is 59.5 Å². The van der Waals surface area contributed by atoms with Crippen molar-refractivity contribution in [3.8, 4) is 0 Å². The predicted molar refractivity (Wildman–Crippen MR) is 124 cm³/mol. The third-order valence-electron chi connectivity index (χ3n) is 6.23. The molecule has 0 atom stereocenters. The van der Waals surface area contributed by atoms with E-state index in [-0.39, 0.29) is 22.8 Å². The Morgan fingerprint density at radius 3 is 2.30 bits per heavy atom. The van der Waals surface area contributed by atoms with Crippen LogP contribution in [0, 0.1) is 13.8 Å². The average molecular weight is 467 g/mol. The maximum Gasteiger partial charge on any atom is 0.338 e. The molecular weight excluding hydrogens is 440 g/mol. The Labute approximate surface area is 193 Å². The average Bonchev–Trinajstić information content (AvgIpc) is 3.09. The van der Waals surface area contributed by atoms with Gasteiger partial charge in [0, 0.05) is 37.1 Å². The molecule has 0 N–H and O–H groups in total. The van der Waals surface area contributed by atoms with E-state index >= 15 is 0 Å². The fourth-order valence-corrected chi connectivity index (χ4v) is 5.44. The molecule has 8 heteroatoms. The fourth-order valence-electron chi connectivity index (χ4n) is 4.02. The molecule has 33 heavy (non-hydrogen) atoms. The molecule has 3 aromatic rings. The SMILES string of the molecule is Cc1cc(C(=O)COC(=O)c2ccc(S(=O)(=O)N3CCc4ccccc4C3)cc2)c(C)n1C. The molecule has 172 valence electrons. The first-order chi connectivity index (χ1) is 15.7. The van der Waals surface area contributed by atoms with Crippen LogP contribution in [0.1, 0.15) is 43.2 Å². The standard InChI is InChI=1S/C25H26N2O5S/c1-17-14-23(18(2)26(17)3)24(28)16-32-25(29)20-8-10-22(11-9-20)33(30,31)27-13-12-19-6-4-5-7-21(19)15-27/h4-11,14H,12-13,15-16H2,1-3H3. The Balaban J connectivity index is 1.42. The largest absolute Gasteiger partial charge is 0.454 e. The van der Waals surface area contributed by atoms with Gasteiger partial charge in [-0.15, -0.1) is 0 Å². The zero-order valence-corrected chi connectivity index (χ0v) is 19.7. The van der Waals surface area contributed by atoms with E-state index < -0.39 is 16.0 Å². The number of Topliss-reactive ketones (excluding diaryl/α,β-unsaturated/α-hetero) is 1. The molecule has 0 bridgehead atoms. The summed E-state index contributed by atoms with van der Waals surface area (Å²) in [5.74, 6) is -0.960. The lowest BCUT2D eigenvalue weighted by atomic mass is 10.0. The molecule has 1 aromatic heterocycles. The Morgan fingerprint density at radius 2 is 1.67 bits per heavy atom. The Hall–Kier alpha value is -3.23. The van der Waals surface area contributed by atoms with Crippen LogP contribution in [0.2, 0.25) is 0 Å². The van der Waals surface area contributed by atoms with Crippen LogP contribution in [0.5, 0.6) is 0 Å².